The Morgan fingerprint density at radius 3 is 1.41 bits per heavy atom. The van der Waals surface area contributed by atoms with Gasteiger partial charge in [-0.3, -0.25) is 0 Å². The van der Waals surface area contributed by atoms with Gasteiger partial charge in [0, 0.05) is 32.7 Å². The van der Waals surface area contributed by atoms with E-state index in [2.05, 4.69) is 38.1 Å². The third kappa shape index (κ3) is 31.6. The van der Waals surface area contributed by atoms with Crippen LogP contribution in [0.25, 0.3) is 0 Å². The summed E-state index contributed by atoms with van der Waals surface area (Å²) in [5.41, 5.74) is 1.41. The molecule has 0 atom stereocenters. The molecule has 0 unspecified atom stereocenters. The van der Waals surface area contributed by atoms with Crippen molar-refractivity contribution in [1.29, 1.82) is 0 Å². The standard InChI is InChI=1S/C8H10.C3H7.C2H6.2CH3.W.Y/c1-2-8-6-4-3-5-7-8;1-3-2;1-2;;;;/h3-7H,2H2,1H3;1,3H2,2H3;1-2H3;2*1H3;;/q;-1;;2*-1;+2;. The van der Waals surface area contributed by atoms with Crippen molar-refractivity contribution in [2.24, 2.45) is 0 Å². The van der Waals surface area contributed by atoms with Gasteiger partial charge in [0.25, 0.3) is 0 Å². The molecule has 17 heavy (non-hydrogen) atoms. The fourth-order valence-corrected chi connectivity index (χ4v) is 0.714. The van der Waals surface area contributed by atoms with Gasteiger partial charge in [-0.15, -0.1) is 0 Å². The van der Waals surface area contributed by atoms with Crippen LogP contribution in [0.3, 0.4) is 0 Å². The SMILES string of the molecule is CC.CCc1ccccc1.[CH2-]CC.[CH3-].[CH3-].[W+2].[Y]. The normalized spacial score (nSPS) is 5.71. The minimum Gasteiger partial charge on any atom is -0.358 e. The van der Waals surface area contributed by atoms with Gasteiger partial charge in [0.1, 0.15) is 0 Å². The first kappa shape index (κ1) is 36.1. The summed E-state index contributed by atoms with van der Waals surface area (Å²) in [4.78, 5) is 0. The van der Waals surface area contributed by atoms with Crippen LogP contribution in [0, 0.1) is 21.8 Å². The van der Waals surface area contributed by atoms with Gasteiger partial charge in [-0.05, 0) is 12.0 Å². The molecule has 0 nitrogen and oxygen atoms in total. The second-order valence-corrected chi connectivity index (χ2v) is 2.34. The first-order valence-electron chi connectivity index (χ1n) is 5.18. The van der Waals surface area contributed by atoms with Gasteiger partial charge in [-0.25, -0.2) is 0 Å². The summed E-state index contributed by atoms with van der Waals surface area (Å²) in [6.07, 6.45) is 2.14. The number of hydrogen-bond donors (Lipinski definition) is 0. The molecule has 1 aromatic carbocycles. The fourth-order valence-electron chi connectivity index (χ4n) is 0.714. The summed E-state index contributed by atoms with van der Waals surface area (Å²) in [5, 5.41) is 0. The number of benzene rings is 1. The predicted octanol–water partition coefficient (Wildman–Crippen LogP) is 5.40. The van der Waals surface area contributed by atoms with E-state index < -0.39 is 0 Å². The van der Waals surface area contributed by atoms with Crippen molar-refractivity contribution in [3.05, 3.63) is 57.7 Å². The summed E-state index contributed by atoms with van der Waals surface area (Å²) >= 11 is 0. The van der Waals surface area contributed by atoms with Crippen molar-refractivity contribution in [2.75, 3.05) is 0 Å². The Hall–Kier alpha value is 1.01. The second-order valence-electron chi connectivity index (χ2n) is 2.34. The topological polar surface area (TPSA) is 0 Å². The third-order valence-electron chi connectivity index (χ3n) is 1.25. The maximum absolute atomic E-state index is 3.49. The summed E-state index contributed by atoms with van der Waals surface area (Å²) in [6.45, 7) is 11.7. The second kappa shape index (κ2) is 36.0. The van der Waals surface area contributed by atoms with E-state index in [4.69, 9.17) is 0 Å². The summed E-state index contributed by atoms with van der Waals surface area (Å²) < 4.78 is 0. The minimum absolute atomic E-state index is 0. The number of hydrogen-bond acceptors (Lipinski definition) is 0. The first-order valence-corrected chi connectivity index (χ1v) is 5.18. The Morgan fingerprint density at radius 1 is 0.941 bits per heavy atom. The molecule has 0 aliphatic carbocycles. The van der Waals surface area contributed by atoms with E-state index in [9.17, 15) is 0 Å². The number of rotatable bonds is 1. The smallest absolute Gasteiger partial charge is 0.358 e. The molecular weight excluding hydrogens is 453 g/mol. The zero-order chi connectivity index (χ0) is 10.5. The van der Waals surface area contributed by atoms with Gasteiger partial charge in [-0.1, -0.05) is 58.0 Å². The van der Waals surface area contributed by atoms with E-state index in [1.165, 1.54) is 5.56 Å². The molecule has 0 heterocycles. The van der Waals surface area contributed by atoms with Gasteiger partial charge in [0.05, 0.1) is 0 Å². The zero-order valence-corrected chi connectivity index (χ0v) is 18.3. The zero-order valence-electron chi connectivity index (χ0n) is 12.5. The summed E-state index contributed by atoms with van der Waals surface area (Å²) in [5.74, 6) is 0. The Balaban J connectivity index is -0.0000000302. The molecule has 99 valence electrons. The van der Waals surface area contributed by atoms with Crippen LogP contribution in [0.1, 0.15) is 39.7 Å². The Bertz CT molecular complexity index is 164. The van der Waals surface area contributed by atoms with Crippen molar-refractivity contribution >= 4 is 0 Å². The van der Waals surface area contributed by atoms with Crippen molar-refractivity contribution in [2.45, 2.75) is 40.5 Å². The fraction of sp³-hybridized carbons (Fsp3) is 0.400. The van der Waals surface area contributed by atoms with Crippen LogP contribution in [-0.2, 0) is 60.2 Å². The van der Waals surface area contributed by atoms with E-state index in [0.717, 1.165) is 12.8 Å². The maximum atomic E-state index is 3.49. The molecule has 2 heteroatoms. The molecule has 1 radical (unpaired) electrons. The quantitative estimate of drug-likeness (QED) is 0.471. The van der Waals surface area contributed by atoms with Gasteiger partial charge in [-0.2, -0.15) is 6.42 Å². The van der Waals surface area contributed by atoms with Crippen molar-refractivity contribution in [3.8, 4) is 0 Å². The molecule has 1 aromatic rings. The molecule has 0 bridgehead atoms. The van der Waals surface area contributed by atoms with E-state index in [1.54, 1.807) is 0 Å². The Kier molecular flexibility index (Phi) is 76.4. The molecule has 0 N–H and O–H groups in total. The molecule has 0 saturated heterocycles. The first-order chi connectivity index (χ1) is 6.35. The van der Waals surface area contributed by atoms with Crippen LogP contribution in [0.5, 0.6) is 0 Å². The predicted molar refractivity (Wildman–Crippen MR) is 75.6 cm³/mol. The summed E-state index contributed by atoms with van der Waals surface area (Å²) in [7, 11) is 0. The van der Waals surface area contributed by atoms with Crippen LogP contribution in [-0.4, -0.2) is 0 Å². The van der Waals surface area contributed by atoms with Crippen LogP contribution < -0.4 is 0 Å². The van der Waals surface area contributed by atoms with E-state index in [-0.39, 0.29) is 68.6 Å². The average Bonchev–Trinajstić information content (AvgIpc) is 2.23. The van der Waals surface area contributed by atoms with Gasteiger partial charge < -0.3 is 21.8 Å². The molecule has 0 spiro atoms. The third-order valence-corrected chi connectivity index (χ3v) is 1.25. The molecule has 0 aliphatic heterocycles. The molecule has 0 aromatic heterocycles. The molecule has 1 rings (SSSR count). The molecule has 0 aliphatic rings. The summed E-state index contributed by atoms with van der Waals surface area (Å²) in [6, 6.07) is 10.5. The van der Waals surface area contributed by atoms with Crippen molar-refractivity contribution in [1.82, 2.24) is 0 Å². The van der Waals surface area contributed by atoms with Gasteiger partial charge in [0.2, 0.25) is 0 Å². The van der Waals surface area contributed by atoms with E-state index in [1.807, 2.05) is 26.8 Å². The van der Waals surface area contributed by atoms with Gasteiger partial charge in [0.15, 0.2) is 0 Å². The van der Waals surface area contributed by atoms with Crippen molar-refractivity contribution in [3.63, 3.8) is 0 Å². The number of aryl methyl sites for hydroxylation is 1. The van der Waals surface area contributed by atoms with E-state index in [0.29, 0.717) is 0 Å². The molecular formula is C15H29WY-. The molecule has 0 fully saturated rings. The van der Waals surface area contributed by atoms with Crippen molar-refractivity contribution < 1.29 is 53.8 Å². The molecule has 0 saturated carbocycles. The van der Waals surface area contributed by atoms with Crippen LogP contribution >= 0.6 is 0 Å². The average molecular weight is 482 g/mol. The Morgan fingerprint density at radius 2 is 1.24 bits per heavy atom. The van der Waals surface area contributed by atoms with E-state index >= 15 is 0 Å². The minimum atomic E-state index is 0. The monoisotopic (exact) mass is 482 g/mol. The van der Waals surface area contributed by atoms with Crippen LogP contribution in [0.15, 0.2) is 30.3 Å². The Labute approximate surface area is 151 Å². The van der Waals surface area contributed by atoms with Crippen LogP contribution in [0.2, 0.25) is 0 Å². The maximum Gasteiger partial charge on any atom is 2.00 e. The van der Waals surface area contributed by atoms with Crippen LogP contribution in [0.4, 0.5) is 0 Å². The molecule has 0 amide bonds. The largest absolute Gasteiger partial charge is 2.00 e. The van der Waals surface area contributed by atoms with Gasteiger partial charge >= 0.3 is 21.1 Å².